The molecule has 3 amide bonds. The largest absolute Gasteiger partial charge is 0.321 e. The maximum atomic E-state index is 14.3. The van der Waals surface area contributed by atoms with Gasteiger partial charge in [-0.1, -0.05) is 122 Å². The minimum Gasteiger partial charge on any atom is -0.321 e. The molecule has 0 radical (unpaired) electrons. The van der Waals surface area contributed by atoms with Crippen LogP contribution in [0.3, 0.4) is 0 Å². The number of anilines is 3. The van der Waals surface area contributed by atoms with Gasteiger partial charge in [0.25, 0.3) is 11.8 Å². The third-order valence-corrected chi connectivity index (χ3v) is 11.0. The number of amides is 3. The Hall–Kier alpha value is -5.83. The van der Waals surface area contributed by atoms with Crippen LogP contribution in [0.5, 0.6) is 0 Å². The van der Waals surface area contributed by atoms with E-state index in [4.69, 9.17) is 0 Å². The van der Waals surface area contributed by atoms with Crippen molar-refractivity contribution in [2.75, 3.05) is 10.2 Å². The number of carbonyl (C=O) groups excluding carboxylic acids is 3. The van der Waals surface area contributed by atoms with Gasteiger partial charge in [0, 0.05) is 25.9 Å². The summed E-state index contributed by atoms with van der Waals surface area (Å²) in [5, 5.41) is 5.42. The number of hydrogen-bond donors (Lipinski definition) is 2. The third kappa shape index (κ3) is 7.89. The van der Waals surface area contributed by atoms with Crippen LogP contribution in [0.4, 0.5) is 17.1 Å². The monoisotopic (exact) mass is 717 g/mol. The zero-order chi connectivity index (χ0) is 35.9. The van der Waals surface area contributed by atoms with E-state index in [1.807, 2.05) is 139 Å². The summed E-state index contributed by atoms with van der Waals surface area (Å²) < 4.78 is 0. The highest BCUT2D eigenvalue weighted by molar-refractivity contribution is 8.00. The summed E-state index contributed by atoms with van der Waals surface area (Å²) in [6.07, 6.45) is 2.28. The van der Waals surface area contributed by atoms with Crippen LogP contribution in [0.25, 0.3) is 17.2 Å². The standard InChI is InChI=1S/C44H35N3O3S2/c1-2-39(44(50)47-37-20-9-11-22-40(37)52-41-23-12-10-21-38(41)47)51-35-19-13-18-34(29-35)45-43(49)36(46-42(48)33-16-7-4-8-17-33)28-30-24-26-32(27-25-30)31-14-5-3-6-15-31/h3-29,39H,2H2,1H3,(H,45,49)(H,46,48)/b36-28+. The molecule has 6 nitrogen and oxygen atoms in total. The van der Waals surface area contributed by atoms with Gasteiger partial charge >= 0.3 is 0 Å². The number of para-hydroxylation sites is 2. The lowest BCUT2D eigenvalue weighted by molar-refractivity contribution is -0.117. The Morgan fingerprint density at radius 3 is 1.94 bits per heavy atom. The maximum absolute atomic E-state index is 14.3. The molecule has 0 spiro atoms. The molecule has 0 aromatic heterocycles. The van der Waals surface area contributed by atoms with Crippen molar-refractivity contribution in [3.8, 4) is 11.1 Å². The van der Waals surface area contributed by atoms with Crippen molar-refractivity contribution in [1.29, 1.82) is 0 Å². The van der Waals surface area contributed by atoms with Gasteiger partial charge < -0.3 is 10.6 Å². The van der Waals surface area contributed by atoms with E-state index < -0.39 is 11.8 Å². The molecule has 1 aliphatic rings. The van der Waals surface area contributed by atoms with Crippen LogP contribution in [0, 0.1) is 0 Å². The molecule has 0 saturated carbocycles. The van der Waals surface area contributed by atoms with Crippen molar-refractivity contribution in [1.82, 2.24) is 5.32 Å². The lowest BCUT2D eigenvalue weighted by atomic mass is 10.0. The Labute approximate surface area is 312 Å². The number of fused-ring (bicyclic) bond motifs is 2. The molecule has 6 aromatic rings. The molecule has 0 saturated heterocycles. The summed E-state index contributed by atoms with van der Waals surface area (Å²) in [4.78, 5) is 46.1. The van der Waals surface area contributed by atoms with Crippen LogP contribution >= 0.6 is 23.5 Å². The number of nitrogens with one attached hydrogen (secondary N) is 2. The predicted octanol–water partition coefficient (Wildman–Crippen LogP) is 10.5. The van der Waals surface area contributed by atoms with E-state index in [1.54, 1.807) is 48.2 Å². The van der Waals surface area contributed by atoms with Crippen molar-refractivity contribution in [3.63, 3.8) is 0 Å². The van der Waals surface area contributed by atoms with Crippen LogP contribution in [0.2, 0.25) is 0 Å². The van der Waals surface area contributed by atoms with Gasteiger partial charge in [0.15, 0.2) is 0 Å². The Morgan fingerprint density at radius 2 is 1.29 bits per heavy atom. The SMILES string of the molecule is CCC(Sc1cccc(NC(=O)/C(=C\c2ccc(-c3ccccc3)cc2)NC(=O)c2ccccc2)c1)C(=O)N1c2ccccc2Sc2ccccc21. The third-order valence-electron chi connectivity index (χ3n) is 8.53. The minimum absolute atomic E-state index is 0.00531. The second-order valence-electron chi connectivity index (χ2n) is 12.1. The van der Waals surface area contributed by atoms with Gasteiger partial charge in [-0.3, -0.25) is 19.3 Å². The molecule has 1 atom stereocenters. The first kappa shape index (κ1) is 34.6. The average Bonchev–Trinajstić information content (AvgIpc) is 3.19. The summed E-state index contributed by atoms with van der Waals surface area (Å²) in [6, 6.07) is 50.0. The quantitative estimate of drug-likeness (QED) is 0.109. The molecule has 6 aromatic carbocycles. The summed E-state index contributed by atoms with van der Waals surface area (Å²) in [6.45, 7) is 2.01. The molecule has 0 bridgehead atoms. The van der Waals surface area contributed by atoms with Crippen molar-refractivity contribution < 1.29 is 14.4 Å². The summed E-state index contributed by atoms with van der Waals surface area (Å²) in [5.74, 6) is -0.870. The Morgan fingerprint density at radius 1 is 0.692 bits per heavy atom. The van der Waals surface area contributed by atoms with Gasteiger partial charge in [-0.25, -0.2) is 0 Å². The molecule has 1 heterocycles. The zero-order valence-corrected chi connectivity index (χ0v) is 30.0. The van der Waals surface area contributed by atoms with Crippen LogP contribution in [0.1, 0.15) is 29.3 Å². The number of nitrogens with zero attached hydrogens (tertiary/aromatic N) is 1. The number of benzene rings is 6. The predicted molar refractivity (Wildman–Crippen MR) is 213 cm³/mol. The van der Waals surface area contributed by atoms with Crippen molar-refractivity contribution in [3.05, 3.63) is 175 Å². The van der Waals surface area contributed by atoms with Crippen molar-refractivity contribution in [2.45, 2.75) is 33.3 Å². The molecule has 7 rings (SSSR count). The molecular formula is C44H35N3O3S2. The van der Waals surface area contributed by atoms with E-state index in [0.29, 0.717) is 17.7 Å². The number of hydrogen-bond acceptors (Lipinski definition) is 5. The number of rotatable bonds is 10. The normalized spacial score (nSPS) is 12.6. The van der Waals surface area contributed by atoms with Crippen molar-refractivity contribution in [2.24, 2.45) is 0 Å². The van der Waals surface area contributed by atoms with Gasteiger partial charge in [-0.05, 0) is 83.8 Å². The van der Waals surface area contributed by atoms with Gasteiger partial charge in [-0.2, -0.15) is 0 Å². The number of carbonyl (C=O) groups is 3. The van der Waals surface area contributed by atoms with E-state index in [9.17, 15) is 14.4 Å². The van der Waals surface area contributed by atoms with Crippen LogP contribution in [-0.4, -0.2) is 23.0 Å². The van der Waals surface area contributed by atoms with Gasteiger partial charge in [0.2, 0.25) is 5.91 Å². The molecular weight excluding hydrogens is 683 g/mol. The fourth-order valence-corrected chi connectivity index (χ4v) is 8.03. The highest BCUT2D eigenvalue weighted by Gasteiger charge is 2.32. The minimum atomic E-state index is -0.472. The topological polar surface area (TPSA) is 78.5 Å². The number of thioether (sulfide) groups is 1. The summed E-state index contributed by atoms with van der Waals surface area (Å²) in [7, 11) is 0. The van der Waals surface area contributed by atoms with Gasteiger partial charge in [-0.15, -0.1) is 11.8 Å². The first-order valence-corrected chi connectivity index (χ1v) is 18.7. The summed E-state index contributed by atoms with van der Waals surface area (Å²) >= 11 is 3.13. The van der Waals surface area contributed by atoms with Crippen LogP contribution in [-0.2, 0) is 9.59 Å². The van der Waals surface area contributed by atoms with Gasteiger partial charge in [0.1, 0.15) is 5.70 Å². The van der Waals surface area contributed by atoms with E-state index in [1.165, 1.54) is 11.8 Å². The van der Waals surface area contributed by atoms with Crippen LogP contribution in [0.15, 0.2) is 178 Å². The average molecular weight is 718 g/mol. The molecule has 0 aliphatic carbocycles. The molecule has 2 N–H and O–H groups in total. The fraction of sp³-hybridized carbons (Fsp3) is 0.0682. The van der Waals surface area contributed by atoms with Crippen molar-refractivity contribution >= 4 is 64.4 Å². The summed E-state index contributed by atoms with van der Waals surface area (Å²) in [5.41, 5.74) is 5.72. The smallest absolute Gasteiger partial charge is 0.272 e. The van der Waals surface area contributed by atoms with E-state index in [-0.39, 0.29) is 16.9 Å². The lowest BCUT2D eigenvalue weighted by Crippen LogP contribution is -2.35. The van der Waals surface area contributed by atoms with E-state index in [0.717, 1.165) is 42.8 Å². The van der Waals surface area contributed by atoms with E-state index in [2.05, 4.69) is 10.6 Å². The molecule has 8 heteroatoms. The molecule has 1 unspecified atom stereocenters. The Kier molecular flexibility index (Phi) is 10.7. The second kappa shape index (κ2) is 16.0. The highest BCUT2D eigenvalue weighted by atomic mass is 32.2. The molecule has 52 heavy (non-hydrogen) atoms. The highest BCUT2D eigenvalue weighted by Crippen LogP contribution is 2.49. The zero-order valence-electron chi connectivity index (χ0n) is 28.4. The lowest BCUT2D eigenvalue weighted by Gasteiger charge is -2.33. The van der Waals surface area contributed by atoms with E-state index >= 15 is 0 Å². The second-order valence-corrected chi connectivity index (χ2v) is 14.4. The fourth-order valence-electron chi connectivity index (χ4n) is 5.92. The molecule has 256 valence electrons. The van der Waals surface area contributed by atoms with Gasteiger partial charge in [0.05, 0.1) is 16.6 Å². The Balaban J connectivity index is 1.12. The molecule has 0 fully saturated rings. The molecule has 1 aliphatic heterocycles. The van der Waals surface area contributed by atoms with Crippen LogP contribution < -0.4 is 15.5 Å². The maximum Gasteiger partial charge on any atom is 0.272 e. The first-order valence-electron chi connectivity index (χ1n) is 17.0. The Bertz CT molecular complexity index is 2210. The first-order chi connectivity index (χ1) is 25.5.